The largest absolute Gasteiger partial charge is 0.420 e. The van der Waals surface area contributed by atoms with Gasteiger partial charge in [-0.1, -0.05) is 34.5 Å². The molecule has 2 aromatic carbocycles. The zero-order chi connectivity index (χ0) is 58.4. The van der Waals surface area contributed by atoms with Gasteiger partial charge in [0.1, 0.15) is 41.5 Å². The van der Waals surface area contributed by atoms with E-state index in [1.807, 2.05) is 11.0 Å². The lowest BCUT2D eigenvalue weighted by Crippen LogP contribution is -2.34. The standard InChI is InChI=1S/C47H63Cl2F3N8O19P2/c1-31-54-45(35-25-53-60(46(35)55-31)47-43(63)42(62)40(78-47)29-77-81(67,68)30-80(64,65)66)58(26-32-2-3-36(48)37(49)22-32)5-8-70-11-14-73-18-19-75-20-21-76-28-34-27-59(57-56-34)6-9-71-12-15-74-17-16-72-13-10-69-7-4-41(61)79-44-38(51)23-33(50)24-39(44)52/h2-3,22-25,27,40,42-43,47,62-63H,4-21,26,28-30H2,1H3,(H,67,68)(H2,64,65,66)/t40-,42-,43-,47-/m1/s1. The van der Waals surface area contributed by atoms with E-state index in [4.69, 9.17) is 85.1 Å². The van der Waals surface area contributed by atoms with Crippen molar-refractivity contribution in [2.75, 3.05) is 123 Å². The molecule has 0 bridgehead atoms. The maximum absolute atomic E-state index is 13.6. The van der Waals surface area contributed by atoms with Crippen molar-refractivity contribution in [3.63, 3.8) is 0 Å². The van der Waals surface area contributed by atoms with Crippen molar-refractivity contribution < 1.29 is 104 Å². The van der Waals surface area contributed by atoms with Crippen LogP contribution in [0.15, 0.2) is 42.7 Å². The molecule has 450 valence electrons. The van der Waals surface area contributed by atoms with Crippen molar-refractivity contribution in [3.05, 3.63) is 87.3 Å². The van der Waals surface area contributed by atoms with Crippen molar-refractivity contribution in [3.8, 4) is 5.75 Å². The van der Waals surface area contributed by atoms with Gasteiger partial charge in [0.25, 0.3) is 0 Å². The fourth-order valence-electron chi connectivity index (χ4n) is 7.49. The van der Waals surface area contributed by atoms with Crippen LogP contribution >= 0.6 is 38.4 Å². The van der Waals surface area contributed by atoms with Gasteiger partial charge in [-0.05, 0) is 24.6 Å². The molecule has 81 heavy (non-hydrogen) atoms. The number of benzene rings is 2. The molecule has 1 aliphatic heterocycles. The lowest BCUT2D eigenvalue weighted by molar-refractivity contribution is -0.136. The quantitative estimate of drug-likeness (QED) is 0.0162. The summed E-state index contributed by atoms with van der Waals surface area (Å²) in [5.74, 6) is -6.36. The highest BCUT2D eigenvalue weighted by molar-refractivity contribution is 7.70. The number of halogens is 5. The first-order valence-electron chi connectivity index (χ1n) is 25.1. The van der Waals surface area contributed by atoms with E-state index in [1.54, 1.807) is 29.9 Å². The number of fused-ring (bicyclic) bond motifs is 1. The van der Waals surface area contributed by atoms with Crippen LogP contribution in [0.25, 0.3) is 11.0 Å². The van der Waals surface area contributed by atoms with Crippen molar-refractivity contribution in [1.29, 1.82) is 0 Å². The van der Waals surface area contributed by atoms with Gasteiger partial charge in [0.2, 0.25) is 5.75 Å². The van der Waals surface area contributed by atoms with Crippen molar-refractivity contribution in [2.24, 2.45) is 0 Å². The Bertz CT molecular complexity index is 2840. The maximum Gasteiger partial charge on any atom is 0.340 e. The second-order valence-corrected chi connectivity index (χ2v) is 22.4. The Kier molecular flexibility index (Phi) is 27.0. The number of carbonyl (C=O) groups excluding carboxylic acids is 1. The first kappa shape index (κ1) is 65.8. The number of anilines is 1. The predicted molar refractivity (Wildman–Crippen MR) is 278 cm³/mol. The molecule has 5 atom stereocenters. The molecule has 1 saturated heterocycles. The van der Waals surface area contributed by atoms with E-state index in [-0.39, 0.29) is 64.9 Å². The number of hydrogen-bond donors (Lipinski definition) is 5. The lowest BCUT2D eigenvalue weighted by Gasteiger charge is -2.25. The summed E-state index contributed by atoms with van der Waals surface area (Å²) >= 11 is 12.6. The van der Waals surface area contributed by atoms with E-state index in [1.165, 1.54) is 10.9 Å². The van der Waals surface area contributed by atoms with E-state index in [9.17, 15) is 42.2 Å². The van der Waals surface area contributed by atoms with Crippen molar-refractivity contribution in [2.45, 2.75) is 57.6 Å². The number of esters is 1. The highest BCUT2D eigenvalue weighted by Crippen LogP contribution is 2.55. The van der Waals surface area contributed by atoms with Gasteiger partial charge in [0, 0.05) is 25.2 Å². The average molecular weight is 1230 g/mol. The van der Waals surface area contributed by atoms with Crippen LogP contribution in [0.2, 0.25) is 10.0 Å². The van der Waals surface area contributed by atoms with Crippen LogP contribution < -0.4 is 9.64 Å². The topological polar surface area (TPSA) is 331 Å². The summed E-state index contributed by atoms with van der Waals surface area (Å²) in [6.45, 7) is 6.27. The number of ether oxygens (including phenoxy) is 10. The molecule has 4 heterocycles. The summed E-state index contributed by atoms with van der Waals surface area (Å²) < 4.78 is 126. The highest BCUT2D eigenvalue weighted by atomic mass is 35.5. The zero-order valence-electron chi connectivity index (χ0n) is 43.7. The van der Waals surface area contributed by atoms with Gasteiger partial charge in [0.15, 0.2) is 29.4 Å². The average Bonchev–Trinajstić information content (AvgIpc) is 3.56. The number of aromatic nitrogens is 7. The molecule has 1 aliphatic rings. The molecule has 1 fully saturated rings. The molecule has 1 unspecified atom stereocenters. The first-order valence-corrected chi connectivity index (χ1v) is 29.4. The van der Waals surface area contributed by atoms with E-state index in [0.29, 0.717) is 117 Å². The minimum atomic E-state index is -4.92. The van der Waals surface area contributed by atoms with Gasteiger partial charge in [-0.3, -0.25) is 13.9 Å². The van der Waals surface area contributed by atoms with E-state index in [0.717, 1.165) is 5.56 Å². The van der Waals surface area contributed by atoms with Crippen LogP contribution in [-0.4, -0.2) is 202 Å². The Balaban J connectivity index is 0.793. The molecule has 5 N–H and O–H groups in total. The Hall–Kier alpha value is -4.37. The number of nitrogens with zero attached hydrogens (tertiary/aromatic N) is 8. The minimum absolute atomic E-state index is 0.0687. The fourth-order valence-corrected chi connectivity index (χ4v) is 10.4. The Morgan fingerprint density at radius 3 is 1.98 bits per heavy atom. The summed E-state index contributed by atoms with van der Waals surface area (Å²) in [7, 11) is -9.70. The molecule has 0 aliphatic carbocycles. The molecule has 34 heteroatoms. The summed E-state index contributed by atoms with van der Waals surface area (Å²) in [6.07, 6.45) is -3.05. The van der Waals surface area contributed by atoms with Crippen LogP contribution in [0.1, 0.15) is 29.7 Å². The fraction of sp³-hybridized carbons (Fsp3) is 0.574. The van der Waals surface area contributed by atoms with Crippen LogP contribution in [0, 0.1) is 24.4 Å². The van der Waals surface area contributed by atoms with Crippen LogP contribution in [0.4, 0.5) is 19.0 Å². The van der Waals surface area contributed by atoms with Gasteiger partial charge < -0.3 is 81.7 Å². The van der Waals surface area contributed by atoms with Gasteiger partial charge in [-0.15, -0.1) is 5.10 Å². The number of aliphatic hydroxyl groups excluding tert-OH is 2. The third-order valence-corrected chi connectivity index (χ3v) is 15.4. The number of aliphatic hydroxyl groups is 2. The van der Waals surface area contributed by atoms with Gasteiger partial charge >= 0.3 is 21.2 Å². The number of aryl methyl sites for hydroxylation is 1. The second kappa shape index (κ2) is 33.2. The van der Waals surface area contributed by atoms with Crippen molar-refractivity contribution in [1.82, 2.24) is 34.7 Å². The van der Waals surface area contributed by atoms with Crippen molar-refractivity contribution >= 4 is 61.2 Å². The van der Waals surface area contributed by atoms with Crippen LogP contribution in [0.5, 0.6) is 5.75 Å². The number of hydrogen-bond acceptors (Lipinski definition) is 22. The second-order valence-electron chi connectivity index (χ2n) is 17.6. The molecule has 27 nitrogen and oxygen atoms in total. The summed E-state index contributed by atoms with van der Waals surface area (Å²) in [5.41, 5.74) is 1.65. The summed E-state index contributed by atoms with van der Waals surface area (Å²) in [5, 5.41) is 35.5. The number of rotatable bonds is 39. The van der Waals surface area contributed by atoms with Gasteiger partial charge in [-0.25, -0.2) is 32.5 Å². The molecule has 0 spiro atoms. The monoisotopic (exact) mass is 1230 g/mol. The van der Waals surface area contributed by atoms with E-state index >= 15 is 0 Å². The molecular weight excluding hydrogens is 1170 g/mol. The van der Waals surface area contributed by atoms with Gasteiger partial charge in [-0.2, -0.15) is 5.10 Å². The van der Waals surface area contributed by atoms with Crippen LogP contribution in [0.3, 0.4) is 0 Å². The molecule has 3 aromatic heterocycles. The van der Waals surface area contributed by atoms with E-state index < -0.39 is 81.4 Å². The SMILES string of the molecule is Cc1nc(N(CCOCCOCCOCCOCc2cn(CCOCCOCCOCCOCCC(=O)Oc3c(F)cc(F)cc3F)nn2)Cc2ccc(Cl)c(Cl)c2)c2cnn([C@@H]3O[C@H](COP(=O)(O)CP(=O)(O)O)[C@@H](O)[C@H]3O)c2n1. The Morgan fingerprint density at radius 1 is 0.765 bits per heavy atom. The first-order chi connectivity index (χ1) is 38.8. The molecule has 0 saturated carbocycles. The molecule has 6 rings (SSSR count). The highest BCUT2D eigenvalue weighted by Gasteiger charge is 2.46. The predicted octanol–water partition coefficient (Wildman–Crippen LogP) is 3.74. The Morgan fingerprint density at radius 2 is 1.36 bits per heavy atom. The van der Waals surface area contributed by atoms with Crippen LogP contribution in [-0.2, 0) is 80.8 Å². The third-order valence-electron chi connectivity index (χ3n) is 11.3. The smallest absolute Gasteiger partial charge is 0.340 e. The maximum atomic E-state index is 13.6. The van der Waals surface area contributed by atoms with E-state index in [2.05, 4.69) is 25.1 Å². The van der Waals surface area contributed by atoms with Gasteiger partial charge in [0.05, 0.1) is 153 Å². The minimum Gasteiger partial charge on any atom is -0.420 e. The zero-order valence-corrected chi connectivity index (χ0v) is 47.0. The molecule has 0 radical (unpaired) electrons. The normalized spacial score (nSPS) is 17.3. The summed E-state index contributed by atoms with van der Waals surface area (Å²) in [4.78, 5) is 51.1. The molecular formula is C47H63Cl2F3N8O19P2. The third kappa shape index (κ3) is 22.3. The number of carbonyl (C=O) groups is 1. The summed E-state index contributed by atoms with van der Waals surface area (Å²) in [6, 6.07) is 6.03. The molecule has 5 aromatic rings. The molecule has 0 amide bonds. The lowest BCUT2D eigenvalue weighted by atomic mass is 10.1. The Labute approximate surface area is 472 Å².